The maximum Gasteiger partial charge on any atom is 0.230 e. The van der Waals surface area contributed by atoms with E-state index in [1.165, 1.54) is 0 Å². The predicted molar refractivity (Wildman–Crippen MR) is 81.9 cm³/mol. The van der Waals surface area contributed by atoms with E-state index in [4.69, 9.17) is 4.74 Å². The first-order chi connectivity index (χ1) is 10.6. The van der Waals surface area contributed by atoms with Gasteiger partial charge in [-0.3, -0.25) is 4.79 Å². The molecule has 0 bridgehead atoms. The number of hydrogen-bond acceptors (Lipinski definition) is 3. The first-order valence-corrected chi connectivity index (χ1v) is 7.55. The lowest BCUT2D eigenvalue weighted by molar-refractivity contribution is -0.118. The molecule has 2 aromatic rings. The number of amides is 1. The molecule has 22 heavy (non-hydrogen) atoms. The van der Waals surface area contributed by atoms with Crippen molar-refractivity contribution in [2.45, 2.75) is 11.4 Å². The molecule has 0 spiro atoms. The Hall–Kier alpha value is -2.08. The molecule has 2 aromatic carbocycles. The molecule has 0 unspecified atom stereocenters. The minimum Gasteiger partial charge on any atom is -0.496 e. The van der Waals surface area contributed by atoms with Gasteiger partial charge in [-0.15, -0.1) is 11.8 Å². The van der Waals surface area contributed by atoms with Crippen molar-refractivity contribution in [2.24, 2.45) is 0 Å². The zero-order valence-electron chi connectivity index (χ0n) is 11.9. The highest BCUT2D eigenvalue weighted by atomic mass is 32.2. The van der Waals surface area contributed by atoms with Crippen LogP contribution in [0.15, 0.2) is 47.4 Å². The van der Waals surface area contributed by atoms with E-state index in [9.17, 15) is 13.6 Å². The fourth-order valence-electron chi connectivity index (χ4n) is 1.82. The van der Waals surface area contributed by atoms with Crippen molar-refractivity contribution in [1.29, 1.82) is 0 Å². The minimum absolute atomic E-state index is 0.00945. The molecule has 0 heterocycles. The topological polar surface area (TPSA) is 38.3 Å². The summed E-state index contributed by atoms with van der Waals surface area (Å²) in [5.74, 6) is -0.636. The van der Waals surface area contributed by atoms with Gasteiger partial charge in [-0.1, -0.05) is 18.2 Å². The van der Waals surface area contributed by atoms with Crippen LogP contribution in [0.1, 0.15) is 5.56 Å². The molecule has 0 aliphatic rings. The summed E-state index contributed by atoms with van der Waals surface area (Å²) in [7, 11) is 1.56. The van der Waals surface area contributed by atoms with E-state index < -0.39 is 11.6 Å². The van der Waals surface area contributed by atoms with Crippen molar-refractivity contribution < 1.29 is 18.3 Å². The van der Waals surface area contributed by atoms with Crippen LogP contribution in [-0.4, -0.2) is 18.8 Å². The zero-order chi connectivity index (χ0) is 15.9. The van der Waals surface area contributed by atoms with Crippen LogP contribution in [-0.2, 0) is 11.3 Å². The van der Waals surface area contributed by atoms with Gasteiger partial charge in [0.1, 0.15) is 17.4 Å². The van der Waals surface area contributed by atoms with Crippen molar-refractivity contribution >= 4 is 17.7 Å². The molecule has 0 fully saturated rings. The molecule has 0 saturated carbocycles. The first-order valence-electron chi connectivity index (χ1n) is 6.56. The molecule has 0 aliphatic heterocycles. The quantitative estimate of drug-likeness (QED) is 0.828. The Morgan fingerprint density at radius 2 is 2.00 bits per heavy atom. The van der Waals surface area contributed by atoms with Crippen LogP contribution in [0, 0.1) is 11.6 Å². The summed E-state index contributed by atoms with van der Waals surface area (Å²) in [6, 6.07) is 10.5. The van der Waals surface area contributed by atoms with E-state index >= 15 is 0 Å². The third-order valence-corrected chi connectivity index (χ3v) is 3.95. The molecule has 1 N–H and O–H groups in total. The number of hydrogen-bond donors (Lipinski definition) is 1. The highest BCUT2D eigenvalue weighted by molar-refractivity contribution is 8.00. The minimum atomic E-state index is -0.538. The average molecular weight is 323 g/mol. The second kappa shape index (κ2) is 7.79. The van der Waals surface area contributed by atoms with Crippen LogP contribution in [0.2, 0.25) is 0 Å². The van der Waals surface area contributed by atoms with Crippen molar-refractivity contribution in [2.75, 3.05) is 12.9 Å². The number of ether oxygens (including phenoxy) is 1. The molecule has 0 radical (unpaired) electrons. The van der Waals surface area contributed by atoms with Crippen molar-refractivity contribution in [3.8, 4) is 5.75 Å². The largest absolute Gasteiger partial charge is 0.496 e. The number of carbonyl (C=O) groups is 1. The normalized spacial score (nSPS) is 10.3. The summed E-state index contributed by atoms with van der Waals surface area (Å²) in [4.78, 5) is 11.9. The Kier molecular flexibility index (Phi) is 5.77. The van der Waals surface area contributed by atoms with Gasteiger partial charge in [-0.2, -0.15) is 0 Å². The molecule has 0 atom stereocenters. The van der Waals surface area contributed by atoms with Crippen molar-refractivity contribution in [3.05, 3.63) is 59.7 Å². The molecule has 0 aromatic heterocycles. The monoisotopic (exact) mass is 323 g/mol. The van der Waals surface area contributed by atoms with Crippen LogP contribution in [0.25, 0.3) is 0 Å². The smallest absolute Gasteiger partial charge is 0.230 e. The highest BCUT2D eigenvalue weighted by Crippen LogP contribution is 2.22. The number of methoxy groups -OCH3 is 1. The van der Waals surface area contributed by atoms with Crippen LogP contribution in [0.4, 0.5) is 8.78 Å². The van der Waals surface area contributed by atoms with E-state index in [1.807, 2.05) is 18.2 Å². The summed E-state index contributed by atoms with van der Waals surface area (Å²) in [6.07, 6.45) is 0. The van der Waals surface area contributed by atoms with Crippen LogP contribution < -0.4 is 10.1 Å². The lowest BCUT2D eigenvalue weighted by Gasteiger charge is -2.09. The van der Waals surface area contributed by atoms with E-state index in [1.54, 1.807) is 13.2 Å². The molecule has 116 valence electrons. The summed E-state index contributed by atoms with van der Waals surface area (Å²) in [6.45, 7) is 0.315. The van der Waals surface area contributed by atoms with Crippen LogP contribution in [0.5, 0.6) is 5.75 Å². The summed E-state index contributed by atoms with van der Waals surface area (Å²) >= 11 is 0.956. The third kappa shape index (κ3) is 4.46. The maximum atomic E-state index is 13.4. The molecule has 6 heteroatoms. The fourth-order valence-corrected chi connectivity index (χ4v) is 2.62. The van der Waals surface area contributed by atoms with Gasteiger partial charge in [0.25, 0.3) is 0 Å². The summed E-state index contributed by atoms with van der Waals surface area (Å²) in [5, 5.41) is 2.72. The van der Waals surface area contributed by atoms with Crippen molar-refractivity contribution in [1.82, 2.24) is 5.32 Å². The Balaban J connectivity index is 1.87. The van der Waals surface area contributed by atoms with E-state index in [-0.39, 0.29) is 16.6 Å². The van der Waals surface area contributed by atoms with Gasteiger partial charge in [0.05, 0.1) is 12.9 Å². The van der Waals surface area contributed by atoms with Gasteiger partial charge >= 0.3 is 0 Å². The molecule has 3 nitrogen and oxygen atoms in total. The maximum absolute atomic E-state index is 13.4. The number of benzene rings is 2. The predicted octanol–water partition coefficient (Wildman–Crippen LogP) is 3.38. The first kappa shape index (κ1) is 16.3. The van der Waals surface area contributed by atoms with Crippen molar-refractivity contribution in [3.63, 3.8) is 0 Å². The van der Waals surface area contributed by atoms with Gasteiger partial charge in [-0.05, 0) is 24.3 Å². The molecule has 0 aliphatic carbocycles. The molecule has 0 saturated heterocycles. The molecule has 2 rings (SSSR count). The molecular weight excluding hydrogens is 308 g/mol. The second-order valence-corrected chi connectivity index (χ2v) is 5.47. The number of thioether (sulfide) groups is 1. The lowest BCUT2D eigenvalue weighted by atomic mass is 10.2. The summed E-state index contributed by atoms with van der Waals surface area (Å²) in [5.41, 5.74) is 0.847. The Bertz CT molecular complexity index is 664. The van der Waals surface area contributed by atoms with E-state index in [0.717, 1.165) is 35.5 Å². The van der Waals surface area contributed by atoms with Gasteiger partial charge in [0.15, 0.2) is 0 Å². The van der Waals surface area contributed by atoms with Gasteiger partial charge in [-0.25, -0.2) is 8.78 Å². The second-order valence-electron chi connectivity index (χ2n) is 4.45. The standard InChI is InChI=1S/C16H15F2NO2S/c1-21-14-5-3-2-4-11(14)9-19-16(20)10-22-15-8-12(17)6-7-13(15)18/h2-8H,9-10H2,1H3,(H,19,20). The SMILES string of the molecule is COc1ccccc1CNC(=O)CSc1cc(F)ccc1F. The Morgan fingerprint density at radius 3 is 2.77 bits per heavy atom. The zero-order valence-corrected chi connectivity index (χ0v) is 12.8. The third-order valence-electron chi connectivity index (χ3n) is 2.92. The highest BCUT2D eigenvalue weighted by Gasteiger charge is 2.09. The van der Waals surface area contributed by atoms with E-state index in [0.29, 0.717) is 12.3 Å². The Morgan fingerprint density at radius 1 is 1.23 bits per heavy atom. The van der Waals surface area contributed by atoms with Crippen LogP contribution >= 0.6 is 11.8 Å². The average Bonchev–Trinajstić information content (AvgIpc) is 2.54. The lowest BCUT2D eigenvalue weighted by Crippen LogP contribution is -2.24. The van der Waals surface area contributed by atoms with Gasteiger partial charge in [0.2, 0.25) is 5.91 Å². The van der Waals surface area contributed by atoms with Gasteiger partial charge < -0.3 is 10.1 Å². The number of carbonyl (C=O) groups excluding carboxylic acids is 1. The van der Waals surface area contributed by atoms with Crippen LogP contribution in [0.3, 0.4) is 0 Å². The number of halogens is 2. The van der Waals surface area contributed by atoms with E-state index in [2.05, 4.69) is 5.32 Å². The Labute approximate surface area is 131 Å². The summed E-state index contributed by atoms with van der Waals surface area (Å²) < 4.78 is 31.7. The number of nitrogens with one attached hydrogen (secondary N) is 1. The number of para-hydroxylation sites is 1. The fraction of sp³-hybridized carbons (Fsp3) is 0.188. The van der Waals surface area contributed by atoms with Gasteiger partial charge in [0, 0.05) is 17.0 Å². The molecular formula is C16H15F2NO2S. The number of rotatable bonds is 6. The molecule has 1 amide bonds.